The fraction of sp³-hybridized carbons (Fsp3) is 0.810. The van der Waals surface area contributed by atoms with Gasteiger partial charge in [-0.3, -0.25) is 4.79 Å². The van der Waals surface area contributed by atoms with Gasteiger partial charge in [0.05, 0.1) is 38.6 Å². The summed E-state index contributed by atoms with van der Waals surface area (Å²) in [5.41, 5.74) is 0. The van der Waals surface area contributed by atoms with E-state index in [1.54, 1.807) is 6.08 Å². The van der Waals surface area contributed by atoms with Gasteiger partial charge in [0.25, 0.3) is 0 Å². The van der Waals surface area contributed by atoms with Gasteiger partial charge in [-0.2, -0.15) is 0 Å². The first-order valence-corrected chi connectivity index (χ1v) is 38.8. The summed E-state index contributed by atoms with van der Waals surface area (Å²) in [6.07, 6.45) is 51.5. The van der Waals surface area contributed by atoms with E-state index in [-0.39, 0.29) is 18.9 Å². The number of amides is 1. The van der Waals surface area contributed by atoms with Crippen molar-refractivity contribution in [1.29, 1.82) is 0 Å². The number of allylic oxidation sites excluding steroid dienone is 13. The first kappa shape index (κ1) is 89.2. The second kappa shape index (κ2) is 59.4. The Morgan fingerprint density at radius 3 is 1.14 bits per heavy atom. The van der Waals surface area contributed by atoms with E-state index in [2.05, 4.69) is 92.1 Å². The van der Waals surface area contributed by atoms with E-state index in [9.17, 15) is 61.0 Å². The van der Waals surface area contributed by atoms with Gasteiger partial charge in [-0.05, 0) is 77.0 Å². The number of aliphatic hydroxyl groups excluding tert-OH is 11. The summed E-state index contributed by atoms with van der Waals surface area (Å²) in [4.78, 5) is 13.4. The van der Waals surface area contributed by atoms with Crippen LogP contribution in [0.15, 0.2) is 85.1 Å². The maximum absolute atomic E-state index is 13.4. The van der Waals surface area contributed by atoms with E-state index < -0.39 is 124 Å². The molecule has 0 aromatic carbocycles. The molecule has 0 radical (unpaired) electrons. The molecule has 17 atom stereocenters. The molecule has 0 aliphatic carbocycles. The van der Waals surface area contributed by atoms with Crippen molar-refractivity contribution in [3.05, 3.63) is 85.1 Å². The molecule has 19 nitrogen and oxygen atoms in total. The molecule has 3 rings (SSSR count). The lowest BCUT2D eigenvalue weighted by Crippen LogP contribution is -2.66. The van der Waals surface area contributed by atoms with E-state index in [0.717, 1.165) is 70.6 Å². The van der Waals surface area contributed by atoms with Crippen molar-refractivity contribution in [3.8, 4) is 0 Å². The predicted octanol–water partition coefficient (Wildman–Crippen LogP) is 12.2. The highest BCUT2D eigenvalue weighted by Gasteiger charge is 2.53. The maximum atomic E-state index is 13.4. The van der Waals surface area contributed by atoms with Crippen LogP contribution in [0.4, 0.5) is 0 Å². The Bertz CT molecular complexity index is 2100. The zero-order valence-corrected chi connectivity index (χ0v) is 60.5. The van der Waals surface area contributed by atoms with Gasteiger partial charge < -0.3 is 89.9 Å². The minimum Gasteiger partial charge on any atom is -0.394 e. The second-order valence-electron chi connectivity index (χ2n) is 27.4. The molecule has 3 aliphatic rings. The molecule has 17 unspecified atom stereocenters. The van der Waals surface area contributed by atoms with Crippen molar-refractivity contribution in [2.45, 2.75) is 381 Å². The van der Waals surface area contributed by atoms with Crippen molar-refractivity contribution in [1.82, 2.24) is 5.32 Å². The van der Waals surface area contributed by atoms with Crippen LogP contribution in [0, 0.1) is 0 Å². The number of nitrogens with one attached hydrogen (secondary N) is 1. The fourth-order valence-corrected chi connectivity index (χ4v) is 12.7. The third-order valence-electron chi connectivity index (χ3n) is 18.9. The predicted molar refractivity (Wildman–Crippen MR) is 388 cm³/mol. The maximum Gasteiger partial charge on any atom is 0.220 e. The van der Waals surface area contributed by atoms with Gasteiger partial charge in [0.1, 0.15) is 73.2 Å². The summed E-state index contributed by atoms with van der Waals surface area (Å²) in [5, 5.41) is 121. The minimum absolute atomic E-state index is 0.234. The number of ether oxygens (including phenoxy) is 6. The third-order valence-corrected chi connectivity index (χ3v) is 18.9. The minimum atomic E-state index is -1.98. The molecule has 3 saturated heterocycles. The zero-order valence-electron chi connectivity index (χ0n) is 60.5. The number of aliphatic hydroxyl groups is 11. The Kier molecular flexibility index (Phi) is 54.0. The van der Waals surface area contributed by atoms with Crippen LogP contribution in [0.3, 0.4) is 0 Å². The molecule has 3 aliphatic heterocycles. The van der Waals surface area contributed by atoms with Crippen molar-refractivity contribution in [2.75, 3.05) is 26.4 Å². The Balaban J connectivity index is 1.35. The normalized spacial score (nSPS) is 27.2. The van der Waals surface area contributed by atoms with Crippen LogP contribution in [-0.4, -0.2) is 193 Å². The van der Waals surface area contributed by atoms with E-state index >= 15 is 0 Å². The number of hydrogen-bond donors (Lipinski definition) is 12. The highest BCUT2D eigenvalue weighted by Crippen LogP contribution is 2.33. The van der Waals surface area contributed by atoms with Crippen molar-refractivity contribution in [2.24, 2.45) is 0 Å². The molecule has 0 saturated carbocycles. The van der Waals surface area contributed by atoms with Crippen LogP contribution in [0.1, 0.15) is 277 Å². The van der Waals surface area contributed by atoms with Gasteiger partial charge in [-0.1, -0.05) is 279 Å². The Morgan fingerprint density at radius 1 is 0.378 bits per heavy atom. The average Bonchev–Trinajstić information content (AvgIpc) is 0.785. The molecule has 0 bridgehead atoms. The topological polar surface area (TPSA) is 307 Å². The van der Waals surface area contributed by atoms with Gasteiger partial charge in [0.2, 0.25) is 5.91 Å². The monoisotopic (exact) mass is 1390 g/mol. The first-order valence-electron chi connectivity index (χ1n) is 38.8. The smallest absolute Gasteiger partial charge is 0.220 e. The highest BCUT2D eigenvalue weighted by molar-refractivity contribution is 5.76. The second-order valence-corrected chi connectivity index (χ2v) is 27.4. The molecule has 19 heteroatoms. The number of carbonyl (C=O) groups is 1. The summed E-state index contributed by atoms with van der Waals surface area (Å²) in [6.45, 7) is 1.62. The molecule has 3 heterocycles. The largest absolute Gasteiger partial charge is 0.394 e. The van der Waals surface area contributed by atoms with Gasteiger partial charge in [0.15, 0.2) is 18.9 Å². The Hall–Kier alpha value is -3.03. The quantitative estimate of drug-likeness (QED) is 0.0199. The van der Waals surface area contributed by atoms with E-state index in [1.807, 2.05) is 6.08 Å². The Labute approximate surface area is 590 Å². The third kappa shape index (κ3) is 39.6. The summed E-state index contributed by atoms with van der Waals surface area (Å²) in [5.74, 6) is -0.284. The first-order chi connectivity index (χ1) is 47.8. The summed E-state index contributed by atoms with van der Waals surface area (Å²) < 4.78 is 34.4. The van der Waals surface area contributed by atoms with Crippen molar-refractivity contribution in [3.63, 3.8) is 0 Å². The summed E-state index contributed by atoms with van der Waals surface area (Å²) in [6, 6.07) is -0.993. The van der Waals surface area contributed by atoms with E-state index in [0.29, 0.717) is 12.8 Å². The fourth-order valence-electron chi connectivity index (χ4n) is 12.7. The Morgan fingerprint density at radius 2 is 0.714 bits per heavy atom. The lowest BCUT2D eigenvalue weighted by molar-refractivity contribution is -0.379. The van der Waals surface area contributed by atoms with Gasteiger partial charge in [-0.25, -0.2) is 0 Å². The zero-order chi connectivity index (χ0) is 71.1. The molecule has 1 amide bonds. The number of carbonyl (C=O) groups excluding carboxylic acids is 1. The van der Waals surface area contributed by atoms with Crippen LogP contribution in [-0.2, 0) is 33.2 Å². The lowest BCUT2D eigenvalue weighted by Gasteiger charge is -2.48. The van der Waals surface area contributed by atoms with Crippen LogP contribution >= 0.6 is 0 Å². The number of rotatable bonds is 60. The van der Waals surface area contributed by atoms with Crippen molar-refractivity contribution >= 4 is 5.91 Å². The van der Waals surface area contributed by atoms with Gasteiger partial charge in [0, 0.05) is 6.42 Å². The molecule has 0 spiro atoms. The molecule has 98 heavy (non-hydrogen) atoms. The van der Waals surface area contributed by atoms with Gasteiger partial charge >= 0.3 is 0 Å². The van der Waals surface area contributed by atoms with E-state index in [4.69, 9.17) is 28.4 Å². The van der Waals surface area contributed by atoms with Crippen LogP contribution in [0.2, 0.25) is 0 Å². The molecule has 3 fully saturated rings. The summed E-state index contributed by atoms with van der Waals surface area (Å²) in [7, 11) is 0. The summed E-state index contributed by atoms with van der Waals surface area (Å²) >= 11 is 0. The van der Waals surface area contributed by atoms with Gasteiger partial charge in [-0.15, -0.1) is 0 Å². The van der Waals surface area contributed by atoms with Crippen LogP contribution in [0.25, 0.3) is 0 Å². The average molecular weight is 1390 g/mol. The van der Waals surface area contributed by atoms with Crippen LogP contribution in [0.5, 0.6) is 0 Å². The van der Waals surface area contributed by atoms with E-state index in [1.165, 1.54) is 173 Å². The molecule has 568 valence electrons. The molecule has 0 aromatic heterocycles. The number of unbranched alkanes of at least 4 members (excludes halogenated alkanes) is 32. The molecule has 0 aromatic rings. The molecule has 12 N–H and O–H groups in total. The molecular formula is C79H139NO18. The highest BCUT2D eigenvalue weighted by atomic mass is 16.8. The van der Waals surface area contributed by atoms with Crippen LogP contribution < -0.4 is 5.32 Å². The van der Waals surface area contributed by atoms with Crippen molar-refractivity contribution < 1.29 is 89.4 Å². The number of hydrogen-bond acceptors (Lipinski definition) is 18. The standard InChI is InChI=1S/C79H139NO18/c1-3-5-7-9-11-13-15-17-19-21-23-24-25-26-27-28-29-30-31-32-33-34-35-36-37-38-39-41-43-45-47-49-51-53-55-57-67(85)80-62(63(84)56-54-52-50-48-46-44-42-40-22-20-18-16-14-12-10-8-6-4-2)61-93-77-73(91)70(88)75(65(59-82)95-77)98-79-74(92)71(89)76(66(60-83)96-79)97-78-72(90)69(87)68(86)64(58-81)94-78/h5,7,11,13,17,19,23-24,26-27,46,48,54,56,62-66,68-79,81-84,86-92H,3-4,6,8-10,12,14-16,18,20-22,25,28-45,47,49-53,55,57-61H2,1-2H3,(H,80,85)/b7-5-,13-11-,19-17-,24-23-,27-26-,48-46+,56-54+. The SMILES string of the molecule is CC/C=C\C/C=C\C/C=C\C/C=C\C/C=C\CCCCCCCCCCCCCCCCCCCCCC(=O)NC(COC1OC(CO)C(OC2OC(CO)C(OC3OC(CO)C(O)C(O)C3O)C(O)C2O)C(O)C1O)C(O)/C=C/CC/C=C/CCCCCCCCCCCCCC. The molecular weight excluding hydrogens is 1250 g/mol. The lowest BCUT2D eigenvalue weighted by atomic mass is 9.96.